The van der Waals surface area contributed by atoms with Gasteiger partial charge in [-0.1, -0.05) is 6.07 Å². The van der Waals surface area contributed by atoms with Gasteiger partial charge in [-0.2, -0.15) is 5.26 Å². The largest absolute Gasteiger partial charge is 0.482 e. The van der Waals surface area contributed by atoms with E-state index in [-0.39, 0.29) is 24.5 Å². The van der Waals surface area contributed by atoms with Crippen molar-refractivity contribution in [1.29, 1.82) is 5.26 Å². The van der Waals surface area contributed by atoms with Crippen molar-refractivity contribution in [2.45, 2.75) is 19.9 Å². The molecule has 19 heavy (non-hydrogen) atoms. The highest BCUT2D eigenvalue weighted by molar-refractivity contribution is 5.95. The van der Waals surface area contributed by atoms with Crippen molar-refractivity contribution >= 4 is 11.6 Å². The molecule has 2 atom stereocenters. The third-order valence-electron chi connectivity index (χ3n) is 3.09. The van der Waals surface area contributed by atoms with Crippen molar-refractivity contribution in [3.8, 4) is 11.8 Å². The van der Waals surface area contributed by atoms with Crippen LogP contribution in [0.4, 0.5) is 5.69 Å². The predicted octanol–water partition coefficient (Wildman–Crippen LogP) is 1.83. The Morgan fingerprint density at radius 2 is 2.32 bits per heavy atom. The van der Waals surface area contributed by atoms with Crippen LogP contribution in [-0.2, 0) is 4.79 Å². The number of hydrogen-bond donors (Lipinski definition) is 2. The van der Waals surface area contributed by atoms with Crippen LogP contribution in [0.5, 0.6) is 5.75 Å². The number of amides is 1. The molecule has 0 bridgehead atoms. The number of rotatable bonds is 4. The fourth-order valence-corrected chi connectivity index (χ4v) is 1.89. The Kier molecular flexibility index (Phi) is 4.03. The number of fused-ring (bicyclic) bond motifs is 1. The molecule has 1 amide bonds. The van der Waals surface area contributed by atoms with Crippen LogP contribution in [0, 0.1) is 17.2 Å². The number of benzene rings is 1. The molecule has 5 heteroatoms. The molecular formula is C14H17N3O2. The van der Waals surface area contributed by atoms with Crippen LogP contribution in [0.3, 0.4) is 0 Å². The van der Waals surface area contributed by atoms with E-state index in [1.165, 1.54) is 0 Å². The number of nitrogens with one attached hydrogen (secondary N) is 2. The third-order valence-corrected chi connectivity index (χ3v) is 3.09. The van der Waals surface area contributed by atoms with E-state index in [0.29, 0.717) is 18.0 Å². The molecule has 0 saturated carbocycles. The quantitative estimate of drug-likeness (QED) is 0.865. The summed E-state index contributed by atoms with van der Waals surface area (Å²) in [5, 5.41) is 14.8. The van der Waals surface area contributed by atoms with Crippen molar-refractivity contribution < 1.29 is 9.53 Å². The minimum atomic E-state index is -0.136. The van der Waals surface area contributed by atoms with E-state index in [2.05, 4.69) is 16.7 Å². The molecule has 1 aliphatic heterocycles. The Morgan fingerprint density at radius 1 is 1.53 bits per heavy atom. The summed E-state index contributed by atoms with van der Waals surface area (Å²) in [6, 6.07) is 8.02. The summed E-state index contributed by atoms with van der Waals surface area (Å²) in [5.41, 5.74) is 1.76. The van der Waals surface area contributed by atoms with E-state index < -0.39 is 0 Å². The molecule has 2 N–H and O–H groups in total. The maximum Gasteiger partial charge on any atom is 0.262 e. The molecule has 0 spiro atoms. The van der Waals surface area contributed by atoms with Crippen molar-refractivity contribution in [1.82, 2.24) is 5.32 Å². The van der Waals surface area contributed by atoms with Gasteiger partial charge in [0, 0.05) is 12.6 Å². The third kappa shape index (κ3) is 3.24. The summed E-state index contributed by atoms with van der Waals surface area (Å²) < 4.78 is 5.31. The van der Waals surface area contributed by atoms with Gasteiger partial charge in [-0.25, -0.2) is 0 Å². The summed E-state index contributed by atoms with van der Waals surface area (Å²) in [4.78, 5) is 11.3. The highest BCUT2D eigenvalue weighted by Gasteiger charge is 2.17. The van der Waals surface area contributed by atoms with E-state index in [4.69, 9.17) is 10.00 Å². The van der Waals surface area contributed by atoms with Gasteiger partial charge in [-0.05, 0) is 31.5 Å². The summed E-state index contributed by atoms with van der Waals surface area (Å²) >= 11 is 0. The van der Waals surface area contributed by atoms with Gasteiger partial charge in [0.05, 0.1) is 17.7 Å². The lowest BCUT2D eigenvalue weighted by molar-refractivity contribution is -0.118. The van der Waals surface area contributed by atoms with Crippen LogP contribution < -0.4 is 15.4 Å². The first kappa shape index (κ1) is 13.4. The lowest BCUT2D eigenvalue weighted by atomic mass is 10.1. The molecule has 1 aromatic carbocycles. The van der Waals surface area contributed by atoms with Gasteiger partial charge in [-0.15, -0.1) is 0 Å². The SMILES string of the molecule is CC(C#N)CNC(C)c1ccc2c(c1)NC(=O)CO2. The van der Waals surface area contributed by atoms with Crippen molar-refractivity contribution in [3.63, 3.8) is 0 Å². The van der Waals surface area contributed by atoms with Crippen molar-refractivity contribution in [2.75, 3.05) is 18.5 Å². The van der Waals surface area contributed by atoms with Gasteiger partial charge in [0.15, 0.2) is 6.61 Å². The maximum atomic E-state index is 11.3. The molecule has 0 aliphatic carbocycles. The van der Waals surface area contributed by atoms with E-state index in [9.17, 15) is 4.79 Å². The summed E-state index contributed by atoms with van der Waals surface area (Å²) in [7, 11) is 0. The molecule has 2 unspecified atom stereocenters. The zero-order chi connectivity index (χ0) is 13.8. The van der Waals surface area contributed by atoms with Crippen LogP contribution in [-0.4, -0.2) is 19.1 Å². The molecule has 100 valence electrons. The second kappa shape index (κ2) is 5.72. The molecule has 5 nitrogen and oxygen atoms in total. The van der Waals surface area contributed by atoms with Crippen LogP contribution in [0.25, 0.3) is 0 Å². The molecule has 1 aromatic rings. The van der Waals surface area contributed by atoms with Crippen LogP contribution in [0.1, 0.15) is 25.5 Å². The number of ether oxygens (including phenoxy) is 1. The molecule has 2 rings (SSSR count). The summed E-state index contributed by atoms with van der Waals surface area (Å²) in [5.74, 6) is 0.535. The molecule has 0 aromatic heterocycles. The lowest BCUT2D eigenvalue weighted by Gasteiger charge is -2.21. The van der Waals surface area contributed by atoms with Crippen LogP contribution in [0.2, 0.25) is 0 Å². The second-order valence-corrected chi connectivity index (χ2v) is 4.75. The molecule has 0 saturated heterocycles. The van der Waals surface area contributed by atoms with Gasteiger partial charge in [0.2, 0.25) is 0 Å². The predicted molar refractivity (Wildman–Crippen MR) is 71.8 cm³/mol. The van der Waals surface area contributed by atoms with E-state index in [0.717, 1.165) is 5.56 Å². The van der Waals surface area contributed by atoms with Gasteiger partial charge in [0.25, 0.3) is 5.91 Å². The fraction of sp³-hybridized carbons (Fsp3) is 0.429. The highest BCUT2D eigenvalue weighted by atomic mass is 16.5. The maximum absolute atomic E-state index is 11.3. The number of nitriles is 1. The number of hydrogen-bond acceptors (Lipinski definition) is 4. The first-order valence-corrected chi connectivity index (χ1v) is 6.29. The first-order valence-electron chi connectivity index (χ1n) is 6.29. The lowest BCUT2D eigenvalue weighted by Crippen LogP contribution is -2.26. The standard InChI is InChI=1S/C14H17N3O2/c1-9(6-15)7-16-10(2)11-3-4-13-12(5-11)17-14(18)8-19-13/h3-5,9-10,16H,7-8H2,1-2H3,(H,17,18). The molecular weight excluding hydrogens is 242 g/mol. The second-order valence-electron chi connectivity index (χ2n) is 4.75. The summed E-state index contributed by atoms with van der Waals surface area (Å²) in [6.45, 7) is 4.61. The Morgan fingerprint density at radius 3 is 3.05 bits per heavy atom. The topological polar surface area (TPSA) is 74.2 Å². The first-order chi connectivity index (χ1) is 9.10. The molecule has 0 radical (unpaired) electrons. The van der Waals surface area contributed by atoms with Gasteiger partial charge in [0.1, 0.15) is 5.75 Å². The van der Waals surface area contributed by atoms with Crippen LogP contribution >= 0.6 is 0 Å². The number of carbonyl (C=O) groups is 1. The van der Waals surface area contributed by atoms with Crippen LogP contribution in [0.15, 0.2) is 18.2 Å². The number of nitrogens with zero attached hydrogens (tertiary/aromatic N) is 1. The summed E-state index contributed by atoms with van der Waals surface area (Å²) in [6.07, 6.45) is 0. The molecule has 1 aliphatic rings. The Bertz CT molecular complexity index is 522. The van der Waals surface area contributed by atoms with Gasteiger partial charge >= 0.3 is 0 Å². The monoisotopic (exact) mass is 259 g/mol. The molecule has 1 heterocycles. The zero-order valence-corrected chi connectivity index (χ0v) is 11.1. The Hall–Kier alpha value is -2.06. The van der Waals surface area contributed by atoms with Crippen molar-refractivity contribution in [2.24, 2.45) is 5.92 Å². The van der Waals surface area contributed by atoms with Crippen molar-refractivity contribution in [3.05, 3.63) is 23.8 Å². The minimum Gasteiger partial charge on any atom is -0.482 e. The molecule has 0 fully saturated rings. The Labute approximate surface area is 112 Å². The van der Waals surface area contributed by atoms with Gasteiger partial charge < -0.3 is 15.4 Å². The number of anilines is 1. The van der Waals surface area contributed by atoms with Gasteiger partial charge in [-0.3, -0.25) is 4.79 Å². The highest BCUT2D eigenvalue weighted by Crippen LogP contribution is 2.30. The minimum absolute atomic E-state index is 0.0249. The average Bonchev–Trinajstić information content (AvgIpc) is 2.43. The van der Waals surface area contributed by atoms with E-state index in [1.54, 1.807) is 0 Å². The smallest absolute Gasteiger partial charge is 0.262 e. The Balaban J connectivity index is 2.07. The normalized spacial score (nSPS) is 16.6. The number of carbonyl (C=O) groups excluding carboxylic acids is 1. The van der Waals surface area contributed by atoms with E-state index in [1.807, 2.05) is 32.0 Å². The van der Waals surface area contributed by atoms with E-state index >= 15 is 0 Å². The average molecular weight is 259 g/mol. The fourth-order valence-electron chi connectivity index (χ4n) is 1.89. The zero-order valence-electron chi connectivity index (χ0n) is 11.1.